The van der Waals surface area contributed by atoms with E-state index in [9.17, 15) is 4.79 Å². The van der Waals surface area contributed by atoms with E-state index in [4.69, 9.17) is 5.73 Å². The highest BCUT2D eigenvalue weighted by atomic mass is 16.2. The lowest BCUT2D eigenvalue weighted by Crippen LogP contribution is -2.55. The number of urea groups is 1. The van der Waals surface area contributed by atoms with Gasteiger partial charge < -0.3 is 15.5 Å². The molecule has 4 heteroatoms. The van der Waals surface area contributed by atoms with Crippen LogP contribution in [0.2, 0.25) is 0 Å². The van der Waals surface area contributed by atoms with Gasteiger partial charge in [-0.25, -0.2) is 4.79 Å². The van der Waals surface area contributed by atoms with E-state index in [1.807, 2.05) is 0 Å². The molecular formula is C7H15N3O. The predicted molar refractivity (Wildman–Crippen MR) is 43.2 cm³/mol. The van der Waals surface area contributed by atoms with Crippen molar-refractivity contribution in [3.8, 4) is 0 Å². The maximum atomic E-state index is 11.2. The van der Waals surface area contributed by atoms with E-state index in [-0.39, 0.29) is 6.03 Å². The number of likely N-dealkylation sites (tertiary alicyclic amines) is 1. The zero-order valence-electron chi connectivity index (χ0n) is 7.08. The Morgan fingerprint density at radius 2 is 2.18 bits per heavy atom. The maximum absolute atomic E-state index is 11.2. The van der Waals surface area contributed by atoms with Gasteiger partial charge in [-0.15, -0.1) is 0 Å². The van der Waals surface area contributed by atoms with Gasteiger partial charge in [0.2, 0.25) is 0 Å². The van der Waals surface area contributed by atoms with Crippen molar-refractivity contribution in [2.24, 2.45) is 11.7 Å². The minimum absolute atomic E-state index is 0.0923. The van der Waals surface area contributed by atoms with Crippen LogP contribution < -0.4 is 5.73 Å². The molecule has 0 spiro atoms. The lowest BCUT2D eigenvalue weighted by molar-refractivity contribution is 0.105. The first-order valence-electron chi connectivity index (χ1n) is 3.81. The number of carbonyl (C=O) groups is 1. The molecule has 0 saturated carbocycles. The molecular weight excluding hydrogens is 142 g/mol. The highest BCUT2D eigenvalue weighted by Gasteiger charge is 2.29. The number of amides is 2. The number of nitrogens with two attached hydrogens (primary N) is 1. The monoisotopic (exact) mass is 157 g/mol. The van der Waals surface area contributed by atoms with Gasteiger partial charge in [-0.1, -0.05) is 0 Å². The molecule has 4 nitrogen and oxygen atoms in total. The first-order valence-corrected chi connectivity index (χ1v) is 3.81. The summed E-state index contributed by atoms with van der Waals surface area (Å²) in [5, 5.41) is 0. The van der Waals surface area contributed by atoms with E-state index in [2.05, 4.69) is 0 Å². The Balaban J connectivity index is 2.27. The van der Waals surface area contributed by atoms with Gasteiger partial charge in [-0.05, 0) is 6.54 Å². The van der Waals surface area contributed by atoms with Gasteiger partial charge in [0, 0.05) is 33.1 Å². The molecule has 1 aliphatic rings. The average molecular weight is 157 g/mol. The highest BCUT2D eigenvalue weighted by molar-refractivity contribution is 5.74. The van der Waals surface area contributed by atoms with Crippen LogP contribution in [0.15, 0.2) is 0 Å². The van der Waals surface area contributed by atoms with Crippen molar-refractivity contribution in [1.82, 2.24) is 9.80 Å². The van der Waals surface area contributed by atoms with Crippen LogP contribution in [0.4, 0.5) is 4.79 Å². The van der Waals surface area contributed by atoms with Crippen LogP contribution in [-0.2, 0) is 0 Å². The summed E-state index contributed by atoms with van der Waals surface area (Å²) in [5.41, 5.74) is 5.42. The Morgan fingerprint density at radius 3 is 2.55 bits per heavy atom. The van der Waals surface area contributed by atoms with Gasteiger partial charge in [-0.2, -0.15) is 0 Å². The Bertz CT molecular complexity index is 152. The van der Waals surface area contributed by atoms with Crippen molar-refractivity contribution in [1.29, 1.82) is 0 Å². The van der Waals surface area contributed by atoms with E-state index < -0.39 is 0 Å². The van der Waals surface area contributed by atoms with Crippen molar-refractivity contribution in [2.45, 2.75) is 0 Å². The van der Waals surface area contributed by atoms with Crippen molar-refractivity contribution in [3.63, 3.8) is 0 Å². The Morgan fingerprint density at radius 1 is 1.64 bits per heavy atom. The molecule has 64 valence electrons. The first kappa shape index (κ1) is 8.33. The second-order valence-corrected chi connectivity index (χ2v) is 3.18. The van der Waals surface area contributed by atoms with E-state index >= 15 is 0 Å². The summed E-state index contributed by atoms with van der Waals surface area (Å²) in [6.45, 7) is 2.35. The zero-order valence-corrected chi connectivity index (χ0v) is 7.08. The maximum Gasteiger partial charge on any atom is 0.319 e. The van der Waals surface area contributed by atoms with Crippen molar-refractivity contribution < 1.29 is 4.79 Å². The fourth-order valence-electron chi connectivity index (χ4n) is 1.16. The summed E-state index contributed by atoms with van der Waals surface area (Å²) in [5.74, 6) is 0.527. The quantitative estimate of drug-likeness (QED) is 0.561. The SMILES string of the molecule is CN(C)C(=O)N1CC(CN)C1. The van der Waals surface area contributed by atoms with Crippen LogP contribution in [0, 0.1) is 5.92 Å². The largest absolute Gasteiger partial charge is 0.331 e. The van der Waals surface area contributed by atoms with Gasteiger partial charge >= 0.3 is 6.03 Å². The van der Waals surface area contributed by atoms with Crippen LogP contribution in [-0.4, -0.2) is 49.6 Å². The van der Waals surface area contributed by atoms with E-state index in [0.717, 1.165) is 13.1 Å². The third kappa shape index (κ3) is 1.63. The van der Waals surface area contributed by atoms with Crippen LogP contribution in [0.5, 0.6) is 0 Å². The van der Waals surface area contributed by atoms with Crippen molar-refractivity contribution in [2.75, 3.05) is 33.7 Å². The number of rotatable bonds is 1. The predicted octanol–water partition coefficient (Wildman–Crippen LogP) is -0.441. The summed E-state index contributed by atoms with van der Waals surface area (Å²) in [4.78, 5) is 14.6. The number of carbonyl (C=O) groups excluding carboxylic acids is 1. The molecule has 0 aromatic rings. The topological polar surface area (TPSA) is 49.6 Å². The van der Waals surface area contributed by atoms with Crippen LogP contribution in [0.25, 0.3) is 0 Å². The molecule has 0 aliphatic carbocycles. The molecule has 1 aliphatic heterocycles. The van der Waals surface area contributed by atoms with Crippen molar-refractivity contribution in [3.05, 3.63) is 0 Å². The lowest BCUT2D eigenvalue weighted by atomic mass is 10.0. The highest BCUT2D eigenvalue weighted by Crippen LogP contribution is 2.14. The Hall–Kier alpha value is -0.770. The lowest BCUT2D eigenvalue weighted by Gasteiger charge is -2.39. The second-order valence-electron chi connectivity index (χ2n) is 3.18. The summed E-state index contributed by atoms with van der Waals surface area (Å²) in [6.07, 6.45) is 0. The minimum atomic E-state index is 0.0923. The minimum Gasteiger partial charge on any atom is -0.331 e. The summed E-state index contributed by atoms with van der Waals surface area (Å²) in [7, 11) is 3.52. The molecule has 0 bridgehead atoms. The zero-order chi connectivity index (χ0) is 8.43. The Labute approximate surface area is 66.9 Å². The number of nitrogens with zero attached hydrogens (tertiary/aromatic N) is 2. The fraction of sp³-hybridized carbons (Fsp3) is 0.857. The average Bonchev–Trinajstić information content (AvgIpc) is 1.85. The normalized spacial score (nSPS) is 17.9. The third-order valence-corrected chi connectivity index (χ3v) is 1.94. The first-order chi connectivity index (χ1) is 5.15. The van der Waals surface area contributed by atoms with Gasteiger partial charge in [0.1, 0.15) is 0 Å². The van der Waals surface area contributed by atoms with Gasteiger partial charge in [0.05, 0.1) is 0 Å². The summed E-state index contributed by atoms with van der Waals surface area (Å²) in [6, 6.07) is 0.0923. The summed E-state index contributed by atoms with van der Waals surface area (Å²) < 4.78 is 0. The molecule has 1 heterocycles. The van der Waals surface area contributed by atoms with Gasteiger partial charge in [0.15, 0.2) is 0 Å². The van der Waals surface area contributed by atoms with Gasteiger partial charge in [-0.3, -0.25) is 0 Å². The number of hydrogen-bond acceptors (Lipinski definition) is 2. The molecule has 0 radical (unpaired) electrons. The molecule has 0 atom stereocenters. The molecule has 1 saturated heterocycles. The second kappa shape index (κ2) is 3.09. The molecule has 2 amide bonds. The molecule has 0 unspecified atom stereocenters. The van der Waals surface area contributed by atoms with E-state index in [0.29, 0.717) is 12.5 Å². The smallest absolute Gasteiger partial charge is 0.319 e. The Kier molecular flexibility index (Phi) is 2.34. The molecule has 2 N–H and O–H groups in total. The van der Waals surface area contributed by atoms with Crippen LogP contribution in [0.3, 0.4) is 0 Å². The molecule has 0 aromatic carbocycles. The third-order valence-electron chi connectivity index (χ3n) is 1.94. The standard InChI is InChI=1S/C7H15N3O/c1-9(2)7(11)10-4-6(3-8)5-10/h6H,3-5,8H2,1-2H3. The summed E-state index contributed by atoms with van der Waals surface area (Å²) >= 11 is 0. The molecule has 1 rings (SSSR count). The molecule has 0 aromatic heterocycles. The van der Waals surface area contributed by atoms with Gasteiger partial charge in [0.25, 0.3) is 0 Å². The van der Waals surface area contributed by atoms with Crippen molar-refractivity contribution >= 4 is 6.03 Å². The molecule has 1 fully saturated rings. The van der Waals surface area contributed by atoms with E-state index in [1.165, 1.54) is 0 Å². The number of hydrogen-bond donors (Lipinski definition) is 1. The molecule has 11 heavy (non-hydrogen) atoms. The fourth-order valence-corrected chi connectivity index (χ4v) is 1.16. The van der Waals surface area contributed by atoms with Crippen LogP contribution in [0.1, 0.15) is 0 Å². The van der Waals surface area contributed by atoms with E-state index in [1.54, 1.807) is 23.9 Å². The van der Waals surface area contributed by atoms with Crippen LogP contribution >= 0.6 is 0 Å².